The topological polar surface area (TPSA) is 83.8 Å². The third kappa shape index (κ3) is 10.5. The number of hydrogen-bond donors (Lipinski definition) is 2. The molecule has 0 aliphatic rings. The van der Waals surface area contributed by atoms with Crippen LogP contribution in [0, 0.1) is 5.92 Å². The number of carboxylic acid groups (broad SMARTS) is 2. The SMILES string of the molecule is O=C(O)CCCC(CCc1ccccc1OCCCCCc1ccccc1)Cc1ccc(C(=O)O)cc1. The molecular weight excluding hydrogens is 464 g/mol. The number of carboxylic acids is 2. The fraction of sp³-hybridized carbons (Fsp3) is 0.375. The van der Waals surface area contributed by atoms with Crippen LogP contribution in [-0.2, 0) is 24.1 Å². The first-order chi connectivity index (χ1) is 18.0. The fourth-order valence-corrected chi connectivity index (χ4v) is 4.65. The zero-order chi connectivity index (χ0) is 26.3. The average Bonchev–Trinajstić information content (AvgIpc) is 2.90. The van der Waals surface area contributed by atoms with Crippen LogP contribution in [-0.4, -0.2) is 28.8 Å². The first-order valence-corrected chi connectivity index (χ1v) is 13.3. The van der Waals surface area contributed by atoms with Gasteiger partial charge in [-0.3, -0.25) is 4.79 Å². The fourth-order valence-electron chi connectivity index (χ4n) is 4.65. The summed E-state index contributed by atoms with van der Waals surface area (Å²) in [6.45, 7) is 0.698. The third-order valence-corrected chi connectivity index (χ3v) is 6.73. The Morgan fingerprint density at radius 2 is 1.43 bits per heavy atom. The van der Waals surface area contributed by atoms with Crippen LogP contribution in [0.1, 0.15) is 72.0 Å². The second-order valence-corrected chi connectivity index (χ2v) is 9.65. The van der Waals surface area contributed by atoms with Crippen LogP contribution in [0.15, 0.2) is 78.9 Å². The number of benzene rings is 3. The average molecular weight is 503 g/mol. The number of para-hydroxylation sites is 1. The molecule has 1 atom stereocenters. The Morgan fingerprint density at radius 1 is 0.703 bits per heavy atom. The summed E-state index contributed by atoms with van der Waals surface area (Å²) in [5, 5.41) is 18.2. The standard InChI is InChI=1S/C32H38O5/c33-31(34)16-9-13-26(24-27-18-21-29(22-19-27)32(35)36)17-20-28-14-6-7-15-30(28)37-23-8-2-5-12-25-10-3-1-4-11-25/h1,3-4,6-7,10-11,14-15,18-19,21-22,26H,2,5,8-9,12-13,16-17,20,23-24H2,(H,33,34)(H,35,36). The molecule has 0 aromatic heterocycles. The van der Waals surface area contributed by atoms with Crippen LogP contribution in [0.3, 0.4) is 0 Å². The first kappa shape index (κ1) is 28.0. The molecule has 1 unspecified atom stereocenters. The van der Waals surface area contributed by atoms with E-state index in [9.17, 15) is 9.59 Å². The number of unbranched alkanes of at least 4 members (excludes halogenated alkanes) is 2. The molecule has 0 aliphatic carbocycles. The zero-order valence-electron chi connectivity index (χ0n) is 21.5. The molecule has 196 valence electrons. The lowest BCUT2D eigenvalue weighted by Crippen LogP contribution is -2.09. The molecule has 2 N–H and O–H groups in total. The van der Waals surface area contributed by atoms with Crippen LogP contribution in [0.4, 0.5) is 0 Å². The van der Waals surface area contributed by atoms with Gasteiger partial charge in [0.05, 0.1) is 12.2 Å². The predicted octanol–water partition coefficient (Wildman–Crippen LogP) is 7.22. The summed E-state index contributed by atoms with van der Waals surface area (Å²) in [5.74, 6) is -0.467. The van der Waals surface area contributed by atoms with E-state index in [4.69, 9.17) is 14.9 Å². The van der Waals surface area contributed by atoms with E-state index in [1.54, 1.807) is 12.1 Å². The minimum Gasteiger partial charge on any atom is -0.493 e. The van der Waals surface area contributed by atoms with Crippen molar-refractivity contribution in [2.45, 2.75) is 64.2 Å². The minimum atomic E-state index is -0.933. The largest absolute Gasteiger partial charge is 0.493 e. The van der Waals surface area contributed by atoms with E-state index in [0.717, 1.165) is 62.7 Å². The lowest BCUT2D eigenvalue weighted by molar-refractivity contribution is -0.137. The summed E-state index contributed by atoms with van der Waals surface area (Å²) in [5.41, 5.74) is 3.91. The smallest absolute Gasteiger partial charge is 0.335 e. The van der Waals surface area contributed by atoms with Gasteiger partial charge in [0, 0.05) is 6.42 Å². The van der Waals surface area contributed by atoms with Crippen LogP contribution in [0.25, 0.3) is 0 Å². The molecular formula is C32H38O5. The first-order valence-electron chi connectivity index (χ1n) is 13.3. The zero-order valence-corrected chi connectivity index (χ0v) is 21.5. The second kappa shape index (κ2) is 15.5. The summed E-state index contributed by atoms with van der Waals surface area (Å²) >= 11 is 0. The number of rotatable bonds is 17. The molecule has 5 heteroatoms. The summed E-state index contributed by atoms with van der Waals surface area (Å²) in [6.07, 6.45) is 8.58. The van der Waals surface area contributed by atoms with Gasteiger partial charge in [-0.25, -0.2) is 4.79 Å². The molecule has 0 spiro atoms. The second-order valence-electron chi connectivity index (χ2n) is 9.65. The molecule has 0 bridgehead atoms. The van der Waals surface area contributed by atoms with Gasteiger partial charge in [0.1, 0.15) is 5.75 Å². The van der Waals surface area contributed by atoms with Crippen molar-refractivity contribution in [2.24, 2.45) is 5.92 Å². The Labute approximate surface area is 220 Å². The highest BCUT2D eigenvalue weighted by Crippen LogP contribution is 2.26. The van der Waals surface area contributed by atoms with Gasteiger partial charge >= 0.3 is 11.9 Å². The molecule has 3 aromatic rings. The van der Waals surface area contributed by atoms with Gasteiger partial charge in [0.15, 0.2) is 0 Å². The van der Waals surface area contributed by atoms with E-state index in [0.29, 0.717) is 18.9 Å². The highest BCUT2D eigenvalue weighted by Gasteiger charge is 2.14. The Bertz CT molecular complexity index is 1090. The highest BCUT2D eigenvalue weighted by molar-refractivity contribution is 5.87. The van der Waals surface area contributed by atoms with Gasteiger partial charge in [0.2, 0.25) is 0 Å². The molecule has 0 saturated carbocycles. The number of aliphatic carboxylic acids is 1. The lowest BCUT2D eigenvalue weighted by atomic mass is 9.88. The highest BCUT2D eigenvalue weighted by atomic mass is 16.5. The van der Waals surface area contributed by atoms with E-state index in [1.807, 2.05) is 36.4 Å². The van der Waals surface area contributed by atoms with E-state index >= 15 is 0 Å². The molecule has 5 nitrogen and oxygen atoms in total. The molecule has 0 radical (unpaired) electrons. The maximum Gasteiger partial charge on any atom is 0.335 e. The Morgan fingerprint density at radius 3 is 2.16 bits per heavy atom. The van der Waals surface area contributed by atoms with Crippen molar-refractivity contribution in [1.82, 2.24) is 0 Å². The van der Waals surface area contributed by atoms with E-state index in [-0.39, 0.29) is 12.0 Å². The van der Waals surface area contributed by atoms with E-state index in [1.165, 1.54) is 11.1 Å². The molecule has 0 heterocycles. The van der Waals surface area contributed by atoms with E-state index < -0.39 is 11.9 Å². The Balaban J connectivity index is 1.50. The number of ether oxygens (including phenoxy) is 1. The van der Waals surface area contributed by atoms with Crippen molar-refractivity contribution in [1.29, 1.82) is 0 Å². The third-order valence-electron chi connectivity index (χ3n) is 6.73. The molecule has 0 fully saturated rings. The monoisotopic (exact) mass is 502 g/mol. The number of hydrogen-bond acceptors (Lipinski definition) is 3. The lowest BCUT2D eigenvalue weighted by Gasteiger charge is -2.18. The van der Waals surface area contributed by atoms with Crippen molar-refractivity contribution >= 4 is 11.9 Å². The minimum absolute atomic E-state index is 0.165. The Kier molecular flexibility index (Phi) is 11.7. The number of carbonyl (C=O) groups is 2. The quantitative estimate of drug-likeness (QED) is 0.190. The van der Waals surface area contributed by atoms with Crippen molar-refractivity contribution < 1.29 is 24.5 Å². The van der Waals surface area contributed by atoms with Gasteiger partial charge in [0.25, 0.3) is 0 Å². The van der Waals surface area contributed by atoms with E-state index in [2.05, 4.69) is 30.3 Å². The van der Waals surface area contributed by atoms with Crippen LogP contribution in [0.5, 0.6) is 5.75 Å². The van der Waals surface area contributed by atoms with Crippen molar-refractivity contribution in [3.63, 3.8) is 0 Å². The molecule has 0 aliphatic heterocycles. The van der Waals surface area contributed by atoms with Gasteiger partial charge in [-0.15, -0.1) is 0 Å². The molecule has 37 heavy (non-hydrogen) atoms. The summed E-state index contributed by atoms with van der Waals surface area (Å²) in [6, 6.07) is 25.7. The molecule has 3 aromatic carbocycles. The normalized spacial score (nSPS) is 11.7. The van der Waals surface area contributed by atoms with Crippen LogP contribution in [0.2, 0.25) is 0 Å². The van der Waals surface area contributed by atoms with Crippen molar-refractivity contribution in [3.8, 4) is 5.75 Å². The van der Waals surface area contributed by atoms with Gasteiger partial charge in [-0.05, 0) is 98.6 Å². The van der Waals surface area contributed by atoms with Gasteiger partial charge < -0.3 is 14.9 Å². The summed E-state index contributed by atoms with van der Waals surface area (Å²) in [7, 11) is 0. The van der Waals surface area contributed by atoms with Crippen molar-refractivity contribution in [3.05, 3.63) is 101 Å². The molecule has 3 rings (SSSR count). The molecule has 0 amide bonds. The summed E-state index contributed by atoms with van der Waals surface area (Å²) < 4.78 is 6.15. The summed E-state index contributed by atoms with van der Waals surface area (Å²) in [4.78, 5) is 22.2. The van der Waals surface area contributed by atoms with Crippen LogP contribution >= 0.6 is 0 Å². The maximum atomic E-state index is 11.1. The number of aromatic carboxylic acids is 1. The van der Waals surface area contributed by atoms with Crippen molar-refractivity contribution in [2.75, 3.05) is 6.61 Å². The Hall–Kier alpha value is -3.60. The number of aryl methyl sites for hydroxylation is 2. The van der Waals surface area contributed by atoms with Gasteiger partial charge in [-0.1, -0.05) is 60.7 Å². The maximum absolute atomic E-state index is 11.1. The van der Waals surface area contributed by atoms with Gasteiger partial charge in [-0.2, -0.15) is 0 Å². The predicted molar refractivity (Wildman–Crippen MR) is 146 cm³/mol. The van der Waals surface area contributed by atoms with Crippen LogP contribution < -0.4 is 4.74 Å². The molecule has 0 saturated heterocycles.